The normalized spacial score (nSPS) is 18.1. The predicted octanol–water partition coefficient (Wildman–Crippen LogP) is 3.50. The molecule has 1 aromatic heterocycles. The number of aromatic nitrogens is 1. The van der Waals surface area contributed by atoms with E-state index in [1.807, 2.05) is 11.8 Å². The summed E-state index contributed by atoms with van der Waals surface area (Å²) in [6, 6.07) is 8.50. The van der Waals surface area contributed by atoms with Gasteiger partial charge in [0.1, 0.15) is 5.69 Å². The largest absolute Gasteiger partial charge is 0.354 e. The van der Waals surface area contributed by atoms with Gasteiger partial charge in [0.05, 0.1) is 0 Å². The van der Waals surface area contributed by atoms with E-state index in [9.17, 15) is 9.59 Å². The highest BCUT2D eigenvalue weighted by Gasteiger charge is 2.29. The Morgan fingerprint density at radius 2 is 1.86 bits per heavy atom. The predicted molar refractivity (Wildman–Crippen MR) is 110 cm³/mol. The summed E-state index contributed by atoms with van der Waals surface area (Å²) in [6.45, 7) is 8.35. The van der Waals surface area contributed by atoms with Crippen molar-refractivity contribution >= 4 is 11.7 Å². The number of Topliss-reactive ketones (excluding diaryl/α,β-unsaturated/α-hetero) is 1. The van der Waals surface area contributed by atoms with Crippen molar-refractivity contribution in [3.8, 4) is 0 Å². The second-order valence-corrected chi connectivity index (χ2v) is 8.10. The van der Waals surface area contributed by atoms with Crippen LogP contribution in [0.4, 0.5) is 0 Å². The minimum absolute atomic E-state index is 0.0393. The Kier molecular flexibility index (Phi) is 5.36. The van der Waals surface area contributed by atoms with Crippen LogP contribution in [0.5, 0.6) is 0 Å². The topological polar surface area (TPSA) is 56.4 Å². The van der Waals surface area contributed by atoms with Crippen molar-refractivity contribution in [1.29, 1.82) is 0 Å². The summed E-state index contributed by atoms with van der Waals surface area (Å²) in [5.41, 5.74) is 5.85. The Morgan fingerprint density at radius 3 is 2.64 bits per heavy atom. The molecule has 4 rings (SSSR count). The van der Waals surface area contributed by atoms with Gasteiger partial charge in [-0.1, -0.05) is 24.3 Å². The molecule has 0 unspecified atom stereocenters. The zero-order valence-corrected chi connectivity index (χ0v) is 16.9. The van der Waals surface area contributed by atoms with E-state index in [1.54, 1.807) is 0 Å². The summed E-state index contributed by atoms with van der Waals surface area (Å²) in [5.74, 6) is 0.215. The highest BCUT2D eigenvalue weighted by Crippen LogP contribution is 2.27. The van der Waals surface area contributed by atoms with Crippen LogP contribution in [0.2, 0.25) is 0 Å². The molecule has 5 heteroatoms. The number of hydrogen-bond acceptors (Lipinski definition) is 3. The van der Waals surface area contributed by atoms with Crippen molar-refractivity contribution in [2.24, 2.45) is 0 Å². The summed E-state index contributed by atoms with van der Waals surface area (Å²) in [6.07, 6.45) is 3.29. The van der Waals surface area contributed by atoms with E-state index in [4.69, 9.17) is 0 Å². The molecule has 2 heterocycles. The molecule has 0 saturated carbocycles. The molecule has 1 aliphatic heterocycles. The van der Waals surface area contributed by atoms with Gasteiger partial charge in [0.2, 0.25) is 0 Å². The number of amides is 1. The van der Waals surface area contributed by atoms with E-state index < -0.39 is 0 Å². The number of rotatable bonds is 3. The van der Waals surface area contributed by atoms with E-state index >= 15 is 0 Å². The second kappa shape index (κ2) is 7.92. The van der Waals surface area contributed by atoms with Crippen molar-refractivity contribution < 1.29 is 9.59 Å². The van der Waals surface area contributed by atoms with Crippen molar-refractivity contribution in [2.45, 2.75) is 46.1 Å². The number of H-pyrrole nitrogens is 1. The first-order chi connectivity index (χ1) is 13.5. The van der Waals surface area contributed by atoms with Gasteiger partial charge in [-0.25, -0.2) is 0 Å². The van der Waals surface area contributed by atoms with Crippen LogP contribution in [0.1, 0.15) is 62.5 Å². The molecule has 2 aliphatic rings. The lowest BCUT2D eigenvalue weighted by Crippen LogP contribution is -2.35. The first-order valence-electron chi connectivity index (χ1n) is 10.4. The van der Waals surface area contributed by atoms with Crippen LogP contribution >= 0.6 is 0 Å². The molecule has 148 valence electrons. The highest BCUT2D eigenvalue weighted by molar-refractivity contribution is 6.04. The Balaban J connectivity index is 1.45. The van der Waals surface area contributed by atoms with Crippen molar-refractivity contribution in [2.75, 3.05) is 26.2 Å². The molecule has 1 amide bonds. The summed E-state index contributed by atoms with van der Waals surface area (Å²) >= 11 is 0. The zero-order chi connectivity index (χ0) is 19.7. The molecule has 1 fully saturated rings. The van der Waals surface area contributed by atoms with Gasteiger partial charge in [-0.2, -0.15) is 0 Å². The number of nitrogens with zero attached hydrogens (tertiary/aromatic N) is 2. The van der Waals surface area contributed by atoms with Crippen LogP contribution in [0, 0.1) is 13.8 Å². The minimum Gasteiger partial charge on any atom is -0.354 e. The van der Waals surface area contributed by atoms with E-state index in [0.29, 0.717) is 12.1 Å². The number of ketones is 1. The first-order valence-corrected chi connectivity index (χ1v) is 10.4. The molecule has 0 radical (unpaired) electrons. The maximum Gasteiger partial charge on any atom is 0.270 e. The van der Waals surface area contributed by atoms with Gasteiger partial charge in [-0.05, 0) is 49.8 Å². The molecule has 28 heavy (non-hydrogen) atoms. The van der Waals surface area contributed by atoms with Crippen LogP contribution in [-0.4, -0.2) is 52.7 Å². The Hall–Kier alpha value is -2.40. The molecule has 1 aromatic carbocycles. The lowest BCUT2D eigenvalue weighted by Gasteiger charge is -2.22. The van der Waals surface area contributed by atoms with Crippen LogP contribution in [-0.2, 0) is 13.0 Å². The highest BCUT2D eigenvalue weighted by atomic mass is 16.2. The maximum absolute atomic E-state index is 13.2. The minimum atomic E-state index is 0.0393. The van der Waals surface area contributed by atoms with Crippen LogP contribution < -0.4 is 0 Å². The van der Waals surface area contributed by atoms with E-state index in [1.165, 1.54) is 11.1 Å². The molecular weight excluding hydrogens is 350 g/mol. The Bertz CT molecular complexity index is 899. The number of hydrogen-bond donors (Lipinski definition) is 1. The third-order valence-corrected chi connectivity index (χ3v) is 6.18. The molecule has 0 atom stereocenters. The summed E-state index contributed by atoms with van der Waals surface area (Å²) < 4.78 is 0. The lowest BCUT2D eigenvalue weighted by molar-refractivity contribution is 0.0755. The number of fused-ring (bicyclic) bond motifs is 1. The maximum atomic E-state index is 13.2. The smallest absolute Gasteiger partial charge is 0.270 e. The monoisotopic (exact) mass is 379 g/mol. The average Bonchev–Trinajstić information content (AvgIpc) is 2.86. The average molecular weight is 380 g/mol. The van der Waals surface area contributed by atoms with Gasteiger partial charge < -0.3 is 9.88 Å². The molecular formula is C23H29N3O2. The quantitative estimate of drug-likeness (QED) is 0.888. The van der Waals surface area contributed by atoms with Crippen molar-refractivity contribution in [3.05, 3.63) is 57.9 Å². The zero-order valence-electron chi connectivity index (χ0n) is 16.9. The van der Waals surface area contributed by atoms with Gasteiger partial charge in [0.15, 0.2) is 5.78 Å². The number of benzene rings is 1. The van der Waals surface area contributed by atoms with E-state index in [-0.39, 0.29) is 11.7 Å². The number of aryl methyl sites for hydroxylation is 2. The van der Waals surface area contributed by atoms with Crippen molar-refractivity contribution in [3.63, 3.8) is 0 Å². The summed E-state index contributed by atoms with van der Waals surface area (Å²) in [5, 5.41) is 0. The van der Waals surface area contributed by atoms with Crippen LogP contribution in [0.3, 0.4) is 0 Å². The van der Waals surface area contributed by atoms with Gasteiger partial charge >= 0.3 is 0 Å². The van der Waals surface area contributed by atoms with Crippen LogP contribution in [0.15, 0.2) is 24.3 Å². The number of aromatic amines is 1. The molecule has 1 aliphatic carbocycles. The molecule has 0 bridgehead atoms. The number of nitrogens with one attached hydrogen (secondary N) is 1. The fourth-order valence-corrected chi connectivity index (χ4v) is 4.51. The van der Waals surface area contributed by atoms with E-state index in [0.717, 1.165) is 68.8 Å². The molecule has 2 aromatic rings. The molecule has 1 saturated heterocycles. The SMILES string of the molecule is Cc1ccccc1CN1CCCN(C(=O)c2[nH]c3c(c2C)C(=O)CCC3)CC1. The summed E-state index contributed by atoms with van der Waals surface area (Å²) in [4.78, 5) is 33.1. The fourth-order valence-electron chi connectivity index (χ4n) is 4.51. The van der Waals surface area contributed by atoms with Crippen molar-refractivity contribution in [1.82, 2.24) is 14.8 Å². The standard InChI is InChI=1S/C23H29N3O2/c1-16-7-3-4-8-18(16)15-25-11-6-12-26(14-13-25)23(28)22-17(2)21-19(24-22)9-5-10-20(21)27/h3-4,7-8,24H,5-6,9-15H2,1-2H3. The third kappa shape index (κ3) is 3.63. The molecule has 5 nitrogen and oxygen atoms in total. The molecule has 1 N–H and O–H groups in total. The number of carbonyl (C=O) groups is 2. The Morgan fingerprint density at radius 1 is 1.04 bits per heavy atom. The van der Waals surface area contributed by atoms with E-state index in [2.05, 4.69) is 41.1 Å². The van der Waals surface area contributed by atoms with Gasteiger partial charge in [-0.3, -0.25) is 14.5 Å². The van der Waals surface area contributed by atoms with Gasteiger partial charge in [0.25, 0.3) is 5.91 Å². The van der Waals surface area contributed by atoms with Gasteiger partial charge in [-0.15, -0.1) is 0 Å². The Labute approximate surface area is 166 Å². The fraction of sp³-hybridized carbons (Fsp3) is 0.478. The third-order valence-electron chi connectivity index (χ3n) is 6.18. The summed E-state index contributed by atoms with van der Waals surface area (Å²) in [7, 11) is 0. The van der Waals surface area contributed by atoms with Crippen LogP contribution in [0.25, 0.3) is 0 Å². The number of carbonyl (C=O) groups excluding carboxylic acids is 2. The second-order valence-electron chi connectivity index (χ2n) is 8.10. The first kappa shape index (κ1) is 18.9. The lowest BCUT2D eigenvalue weighted by atomic mass is 9.94. The van der Waals surface area contributed by atoms with Gasteiger partial charge in [0, 0.05) is 50.4 Å². The molecule has 0 spiro atoms.